The van der Waals surface area contributed by atoms with E-state index in [0.717, 1.165) is 12.2 Å². The van der Waals surface area contributed by atoms with Gasteiger partial charge in [0.15, 0.2) is 6.04 Å². The highest BCUT2D eigenvalue weighted by Gasteiger charge is 2.25. The zero-order chi connectivity index (χ0) is 15.1. The van der Waals surface area contributed by atoms with Crippen LogP contribution in [0.25, 0.3) is 0 Å². The fourth-order valence-corrected chi connectivity index (χ4v) is 2.96. The molecular formula is C13H20N2O3S2. The smallest absolute Gasteiger partial charge is 0.331 e. The summed E-state index contributed by atoms with van der Waals surface area (Å²) in [6.07, 6.45) is 2.89. The lowest BCUT2D eigenvalue weighted by atomic mass is 10.2. The molecule has 2 amide bonds. The van der Waals surface area contributed by atoms with Crippen molar-refractivity contribution in [2.75, 3.05) is 19.1 Å². The number of nitrogens with zero attached hydrogens (tertiary/aromatic N) is 1. The van der Waals surface area contributed by atoms with Gasteiger partial charge in [0.25, 0.3) is 0 Å². The molecule has 0 bridgehead atoms. The van der Waals surface area contributed by atoms with Gasteiger partial charge < -0.3 is 15.3 Å². The van der Waals surface area contributed by atoms with Crippen LogP contribution < -0.4 is 5.32 Å². The van der Waals surface area contributed by atoms with Crippen molar-refractivity contribution >= 4 is 35.1 Å². The Bertz CT molecular complexity index is 437. The van der Waals surface area contributed by atoms with Gasteiger partial charge in [0.1, 0.15) is 0 Å². The second kappa shape index (κ2) is 8.16. The Hall–Kier alpha value is -1.21. The average molecular weight is 316 g/mol. The maximum atomic E-state index is 12.1. The number of rotatable bonds is 7. The van der Waals surface area contributed by atoms with Crippen LogP contribution in [0.1, 0.15) is 24.3 Å². The number of carboxylic acid groups (broad SMARTS) is 1. The molecule has 5 nitrogen and oxygen atoms in total. The topological polar surface area (TPSA) is 69.6 Å². The van der Waals surface area contributed by atoms with Crippen LogP contribution in [-0.4, -0.2) is 47.1 Å². The van der Waals surface area contributed by atoms with E-state index in [1.807, 2.05) is 13.2 Å². The van der Waals surface area contributed by atoms with Crippen LogP contribution >= 0.6 is 23.1 Å². The van der Waals surface area contributed by atoms with Gasteiger partial charge in [-0.25, -0.2) is 9.59 Å². The summed E-state index contributed by atoms with van der Waals surface area (Å²) in [4.78, 5) is 25.6. The monoisotopic (exact) mass is 316 g/mol. The molecule has 0 aliphatic heterocycles. The van der Waals surface area contributed by atoms with E-state index < -0.39 is 12.0 Å². The summed E-state index contributed by atoms with van der Waals surface area (Å²) in [5.41, 5.74) is 0. The van der Waals surface area contributed by atoms with Gasteiger partial charge in [0.2, 0.25) is 0 Å². The molecule has 0 radical (unpaired) electrons. The van der Waals surface area contributed by atoms with Crippen LogP contribution in [-0.2, 0) is 4.79 Å². The molecule has 0 aromatic carbocycles. The van der Waals surface area contributed by atoms with Crippen LogP contribution in [0.4, 0.5) is 4.79 Å². The Kier molecular flexibility index (Phi) is 6.87. The van der Waals surface area contributed by atoms with Gasteiger partial charge in [-0.3, -0.25) is 0 Å². The van der Waals surface area contributed by atoms with Crippen molar-refractivity contribution in [1.82, 2.24) is 10.2 Å². The quantitative estimate of drug-likeness (QED) is 0.811. The number of aliphatic carboxylic acids is 1. The van der Waals surface area contributed by atoms with Crippen LogP contribution in [0.5, 0.6) is 0 Å². The lowest BCUT2D eigenvalue weighted by Gasteiger charge is -2.26. The van der Waals surface area contributed by atoms with Crippen molar-refractivity contribution in [2.45, 2.75) is 25.4 Å². The number of carbonyl (C=O) groups is 2. The van der Waals surface area contributed by atoms with Crippen LogP contribution in [0, 0.1) is 0 Å². The standard InChI is InChI=1S/C13H20N2O3S2/c1-9(6-8-19-3)15(2)13(18)14-11(12(16)17)10-5-4-7-20-10/h4-5,7,9,11H,6,8H2,1-3H3,(H,14,18)(H,16,17). The van der Waals surface area contributed by atoms with E-state index in [1.54, 1.807) is 41.2 Å². The third-order valence-corrected chi connectivity index (χ3v) is 4.64. The van der Waals surface area contributed by atoms with Gasteiger partial charge in [-0.2, -0.15) is 11.8 Å². The largest absolute Gasteiger partial charge is 0.479 e. The minimum atomic E-state index is -1.05. The van der Waals surface area contributed by atoms with E-state index in [0.29, 0.717) is 4.88 Å². The Balaban J connectivity index is 2.64. The van der Waals surface area contributed by atoms with Crippen LogP contribution in [0.3, 0.4) is 0 Å². The highest BCUT2D eigenvalue weighted by Crippen LogP contribution is 2.19. The molecule has 0 aliphatic rings. The molecule has 2 unspecified atom stereocenters. The predicted octanol–water partition coefficient (Wildman–Crippen LogP) is 2.66. The molecule has 0 aliphatic carbocycles. The fourth-order valence-electron chi connectivity index (χ4n) is 1.62. The highest BCUT2D eigenvalue weighted by molar-refractivity contribution is 7.98. The second-order valence-corrected chi connectivity index (χ2v) is 6.44. The summed E-state index contributed by atoms with van der Waals surface area (Å²) >= 11 is 3.04. The first-order valence-corrected chi connectivity index (χ1v) is 8.53. The molecule has 1 aromatic heterocycles. The zero-order valence-electron chi connectivity index (χ0n) is 11.8. The van der Waals surface area contributed by atoms with Gasteiger partial charge in [-0.15, -0.1) is 11.3 Å². The molecule has 1 aromatic rings. The molecule has 0 spiro atoms. The van der Waals surface area contributed by atoms with Gasteiger partial charge in [0, 0.05) is 18.0 Å². The van der Waals surface area contributed by atoms with Crippen molar-refractivity contribution in [3.8, 4) is 0 Å². The summed E-state index contributed by atoms with van der Waals surface area (Å²) < 4.78 is 0. The molecule has 2 N–H and O–H groups in total. The molecular weight excluding hydrogens is 296 g/mol. The third-order valence-electron chi connectivity index (χ3n) is 3.06. The van der Waals surface area contributed by atoms with Crippen molar-refractivity contribution in [3.63, 3.8) is 0 Å². The van der Waals surface area contributed by atoms with Crippen molar-refractivity contribution in [2.24, 2.45) is 0 Å². The Labute approximate surface area is 127 Å². The summed E-state index contributed by atoms with van der Waals surface area (Å²) in [5.74, 6) is -0.0857. The molecule has 20 heavy (non-hydrogen) atoms. The maximum Gasteiger partial charge on any atom is 0.331 e. The summed E-state index contributed by atoms with van der Waals surface area (Å²) in [6, 6.07) is 2.20. The highest BCUT2D eigenvalue weighted by atomic mass is 32.2. The second-order valence-electron chi connectivity index (χ2n) is 4.48. The number of thiophene rings is 1. The molecule has 1 rings (SSSR count). The number of nitrogens with one attached hydrogen (secondary N) is 1. The Morgan fingerprint density at radius 1 is 1.55 bits per heavy atom. The number of hydrogen-bond acceptors (Lipinski definition) is 4. The summed E-state index contributed by atoms with van der Waals surface area (Å²) in [5, 5.41) is 13.6. The van der Waals surface area contributed by atoms with Crippen molar-refractivity contribution in [3.05, 3.63) is 22.4 Å². The summed E-state index contributed by atoms with van der Waals surface area (Å²) in [6.45, 7) is 1.96. The predicted molar refractivity (Wildman–Crippen MR) is 83.5 cm³/mol. The summed E-state index contributed by atoms with van der Waals surface area (Å²) in [7, 11) is 1.69. The van der Waals surface area contributed by atoms with Gasteiger partial charge in [0.05, 0.1) is 0 Å². The van der Waals surface area contributed by atoms with Crippen molar-refractivity contribution < 1.29 is 14.7 Å². The van der Waals surface area contributed by atoms with Crippen molar-refractivity contribution in [1.29, 1.82) is 0 Å². The minimum Gasteiger partial charge on any atom is -0.479 e. The molecule has 2 atom stereocenters. The average Bonchev–Trinajstić information content (AvgIpc) is 2.94. The lowest BCUT2D eigenvalue weighted by Crippen LogP contribution is -2.45. The zero-order valence-corrected chi connectivity index (χ0v) is 13.5. The number of carbonyl (C=O) groups excluding carboxylic acids is 1. The van der Waals surface area contributed by atoms with E-state index in [2.05, 4.69) is 5.32 Å². The van der Waals surface area contributed by atoms with Gasteiger partial charge in [-0.05, 0) is 36.8 Å². The first kappa shape index (κ1) is 16.8. The number of carboxylic acids is 1. The first-order chi connectivity index (χ1) is 9.47. The molecule has 112 valence electrons. The normalized spacial score (nSPS) is 13.6. The number of urea groups is 1. The fraction of sp³-hybridized carbons (Fsp3) is 0.538. The van der Waals surface area contributed by atoms with E-state index >= 15 is 0 Å². The lowest BCUT2D eigenvalue weighted by molar-refractivity contribution is -0.139. The van der Waals surface area contributed by atoms with E-state index in [1.165, 1.54) is 11.3 Å². The first-order valence-electron chi connectivity index (χ1n) is 6.25. The van der Waals surface area contributed by atoms with Crippen LogP contribution in [0.2, 0.25) is 0 Å². The SMILES string of the molecule is CSCCC(C)N(C)C(=O)NC(C(=O)O)c1cccs1. The van der Waals surface area contributed by atoms with Gasteiger partial charge >= 0.3 is 12.0 Å². The maximum absolute atomic E-state index is 12.1. The number of amides is 2. The van der Waals surface area contributed by atoms with Crippen LogP contribution in [0.15, 0.2) is 17.5 Å². The minimum absolute atomic E-state index is 0.0697. The molecule has 0 saturated carbocycles. The molecule has 1 heterocycles. The third kappa shape index (κ3) is 4.72. The Morgan fingerprint density at radius 3 is 2.75 bits per heavy atom. The molecule has 0 saturated heterocycles. The number of hydrogen-bond donors (Lipinski definition) is 2. The Morgan fingerprint density at radius 2 is 2.25 bits per heavy atom. The van der Waals surface area contributed by atoms with E-state index in [-0.39, 0.29) is 12.1 Å². The molecule has 0 fully saturated rings. The number of thioether (sulfide) groups is 1. The van der Waals surface area contributed by atoms with E-state index in [4.69, 9.17) is 0 Å². The van der Waals surface area contributed by atoms with E-state index in [9.17, 15) is 14.7 Å². The van der Waals surface area contributed by atoms with Gasteiger partial charge in [-0.1, -0.05) is 6.07 Å². The molecule has 7 heteroatoms.